The zero-order valence-electron chi connectivity index (χ0n) is 32.0. The molecule has 0 aliphatic carbocycles. The van der Waals surface area contributed by atoms with E-state index >= 15 is 0 Å². The van der Waals surface area contributed by atoms with E-state index in [0.717, 1.165) is 12.8 Å². The third kappa shape index (κ3) is 41.2. The number of rotatable bonds is 40. The van der Waals surface area contributed by atoms with Gasteiger partial charge in [-0.1, -0.05) is 225 Å². The molecule has 0 unspecified atom stereocenters. The fraction of sp³-hybridized carbons (Fsp3) is 0.932. The number of carbonyl (C=O) groups excluding carboxylic acids is 1. The van der Waals surface area contributed by atoms with E-state index in [-0.39, 0.29) is 5.97 Å². The molecule has 0 bridgehead atoms. The summed E-state index contributed by atoms with van der Waals surface area (Å²) in [7, 11) is 0. The molecule has 0 fully saturated rings. The highest BCUT2D eigenvalue weighted by Crippen LogP contribution is 2.16. The molecular weight excluding hydrogens is 560 g/mol. The SMILES string of the molecule is CCCCCCCC/C=C/CCCCCCCCOC(=O)CCCCCCCCCCCCCCCCCCCCCCCCC. The predicted octanol–water partition coefficient (Wildman–Crippen LogP) is 15.9. The van der Waals surface area contributed by atoms with Gasteiger partial charge in [-0.25, -0.2) is 0 Å². The highest BCUT2D eigenvalue weighted by atomic mass is 16.5. The monoisotopic (exact) mass is 647 g/mol. The van der Waals surface area contributed by atoms with Crippen LogP contribution < -0.4 is 0 Å². The molecule has 0 rings (SSSR count). The van der Waals surface area contributed by atoms with Crippen molar-refractivity contribution in [3.63, 3.8) is 0 Å². The van der Waals surface area contributed by atoms with Gasteiger partial charge in [0.05, 0.1) is 6.61 Å². The van der Waals surface area contributed by atoms with Crippen molar-refractivity contribution in [2.24, 2.45) is 0 Å². The molecule has 0 spiro atoms. The zero-order chi connectivity index (χ0) is 33.3. The van der Waals surface area contributed by atoms with E-state index in [0.29, 0.717) is 13.0 Å². The standard InChI is InChI=1S/C44H86O2/c1-3-5-7-9-11-13-15-17-19-21-22-23-24-25-26-27-28-30-32-34-36-38-40-42-44(45)46-43-41-39-37-35-33-31-29-20-18-16-14-12-10-8-6-4-2/h18,20H,3-17,19,21-43H2,1-2H3/b20-18+. The van der Waals surface area contributed by atoms with Crippen molar-refractivity contribution in [1.82, 2.24) is 0 Å². The quantitative estimate of drug-likeness (QED) is 0.0376. The number of ether oxygens (including phenoxy) is 1. The van der Waals surface area contributed by atoms with E-state index in [9.17, 15) is 4.79 Å². The van der Waals surface area contributed by atoms with E-state index in [4.69, 9.17) is 4.74 Å². The van der Waals surface area contributed by atoms with Gasteiger partial charge in [0, 0.05) is 6.42 Å². The molecule has 0 amide bonds. The van der Waals surface area contributed by atoms with Crippen molar-refractivity contribution in [2.75, 3.05) is 6.61 Å². The first kappa shape index (κ1) is 45.2. The van der Waals surface area contributed by atoms with Gasteiger partial charge in [0.25, 0.3) is 0 Å². The third-order valence-corrected chi connectivity index (χ3v) is 9.90. The summed E-state index contributed by atoms with van der Waals surface area (Å²) in [5.74, 6) is 0.0243. The second kappa shape index (κ2) is 42.2. The molecule has 0 aliphatic heterocycles. The second-order valence-electron chi connectivity index (χ2n) is 14.7. The Labute approximate surface area is 291 Å². The van der Waals surface area contributed by atoms with Crippen molar-refractivity contribution >= 4 is 5.97 Å². The molecule has 0 aliphatic rings. The Bertz CT molecular complexity index is 582. The van der Waals surface area contributed by atoms with Crippen LogP contribution in [0.1, 0.15) is 258 Å². The molecule has 0 saturated carbocycles. The maximum absolute atomic E-state index is 12.0. The van der Waals surface area contributed by atoms with Crippen molar-refractivity contribution in [2.45, 2.75) is 258 Å². The summed E-state index contributed by atoms with van der Waals surface area (Å²) >= 11 is 0. The first-order valence-electron chi connectivity index (χ1n) is 21.6. The summed E-state index contributed by atoms with van der Waals surface area (Å²) in [6.45, 7) is 5.21. The molecule has 0 aromatic carbocycles. The summed E-state index contributed by atoms with van der Waals surface area (Å²) in [4.78, 5) is 12.0. The van der Waals surface area contributed by atoms with Gasteiger partial charge in [0.15, 0.2) is 0 Å². The van der Waals surface area contributed by atoms with Crippen LogP contribution in [0.15, 0.2) is 12.2 Å². The molecule has 46 heavy (non-hydrogen) atoms. The van der Waals surface area contributed by atoms with Gasteiger partial charge in [0.2, 0.25) is 0 Å². The van der Waals surface area contributed by atoms with E-state index in [1.165, 1.54) is 225 Å². The van der Waals surface area contributed by atoms with Crippen LogP contribution in [-0.2, 0) is 9.53 Å². The third-order valence-electron chi connectivity index (χ3n) is 9.90. The van der Waals surface area contributed by atoms with Gasteiger partial charge < -0.3 is 4.74 Å². The molecule has 0 aromatic heterocycles. The molecule has 0 radical (unpaired) electrons. The zero-order valence-corrected chi connectivity index (χ0v) is 32.0. The maximum Gasteiger partial charge on any atom is 0.305 e. The normalized spacial score (nSPS) is 11.6. The lowest BCUT2D eigenvalue weighted by molar-refractivity contribution is -0.143. The lowest BCUT2D eigenvalue weighted by Crippen LogP contribution is -2.05. The Hall–Kier alpha value is -0.790. The van der Waals surface area contributed by atoms with Crippen LogP contribution in [0.5, 0.6) is 0 Å². The lowest BCUT2D eigenvalue weighted by Gasteiger charge is -2.06. The number of carbonyl (C=O) groups is 1. The highest BCUT2D eigenvalue weighted by Gasteiger charge is 2.03. The highest BCUT2D eigenvalue weighted by molar-refractivity contribution is 5.69. The van der Waals surface area contributed by atoms with Crippen LogP contribution in [0, 0.1) is 0 Å². The van der Waals surface area contributed by atoms with Crippen LogP contribution in [0.3, 0.4) is 0 Å². The molecule has 274 valence electrons. The van der Waals surface area contributed by atoms with Crippen LogP contribution >= 0.6 is 0 Å². The number of esters is 1. The van der Waals surface area contributed by atoms with Gasteiger partial charge in [-0.2, -0.15) is 0 Å². The Kier molecular flexibility index (Phi) is 41.5. The molecular formula is C44H86O2. The van der Waals surface area contributed by atoms with Crippen molar-refractivity contribution in [3.05, 3.63) is 12.2 Å². The summed E-state index contributed by atoms with van der Waals surface area (Å²) in [5.41, 5.74) is 0. The summed E-state index contributed by atoms with van der Waals surface area (Å²) < 4.78 is 5.46. The van der Waals surface area contributed by atoms with Crippen LogP contribution in [-0.4, -0.2) is 12.6 Å². The van der Waals surface area contributed by atoms with E-state index in [1.54, 1.807) is 0 Å². The lowest BCUT2D eigenvalue weighted by atomic mass is 10.0. The fourth-order valence-corrected chi connectivity index (χ4v) is 6.66. The van der Waals surface area contributed by atoms with Crippen molar-refractivity contribution in [3.8, 4) is 0 Å². The van der Waals surface area contributed by atoms with Crippen molar-refractivity contribution in [1.29, 1.82) is 0 Å². The first-order valence-corrected chi connectivity index (χ1v) is 21.6. The molecule has 2 nitrogen and oxygen atoms in total. The number of hydrogen-bond acceptors (Lipinski definition) is 2. The second-order valence-corrected chi connectivity index (χ2v) is 14.7. The molecule has 0 atom stereocenters. The maximum atomic E-state index is 12.0. The number of hydrogen-bond donors (Lipinski definition) is 0. The van der Waals surface area contributed by atoms with Gasteiger partial charge in [-0.15, -0.1) is 0 Å². The minimum atomic E-state index is 0.0243. The minimum Gasteiger partial charge on any atom is -0.466 e. The Morgan fingerprint density at radius 3 is 0.935 bits per heavy atom. The Balaban J connectivity index is 3.17. The molecule has 2 heteroatoms. The molecule has 0 N–H and O–H groups in total. The first-order chi connectivity index (χ1) is 22.8. The number of allylic oxidation sites excluding steroid dienone is 2. The Morgan fingerprint density at radius 2 is 0.609 bits per heavy atom. The topological polar surface area (TPSA) is 26.3 Å². The van der Waals surface area contributed by atoms with Crippen molar-refractivity contribution < 1.29 is 9.53 Å². The Morgan fingerprint density at radius 1 is 0.348 bits per heavy atom. The van der Waals surface area contributed by atoms with Crippen LogP contribution in [0.2, 0.25) is 0 Å². The molecule has 0 saturated heterocycles. The average molecular weight is 647 g/mol. The van der Waals surface area contributed by atoms with E-state index in [1.807, 2.05) is 0 Å². The summed E-state index contributed by atoms with van der Waals surface area (Å²) in [6, 6.07) is 0. The van der Waals surface area contributed by atoms with Crippen LogP contribution in [0.4, 0.5) is 0 Å². The van der Waals surface area contributed by atoms with Gasteiger partial charge in [-0.3, -0.25) is 4.79 Å². The summed E-state index contributed by atoms with van der Waals surface area (Å²) in [6.07, 6.45) is 56.0. The van der Waals surface area contributed by atoms with Crippen LogP contribution in [0.25, 0.3) is 0 Å². The smallest absolute Gasteiger partial charge is 0.305 e. The predicted molar refractivity (Wildman–Crippen MR) is 207 cm³/mol. The summed E-state index contributed by atoms with van der Waals surface area (Å²) in [5, 5.41) is 0. The van der Waals surface area contributed by atoms with Gasteiger partial charge in [-0.05, 0) is 38.5 Å². The van der Waals surface area contributed by atoms with Gasteiger partial charge in [0.1, 0.15) is 0 Å². The fourth-order valence-electron chi connectivity index (χ4n) is 6.66. The molecule has 0 aromatic rings. The minimum absolute atomic E-state index is 0.0243. The van der Waals surface area contributed by atoms with E-state index < -0.39 is 0 Å². The average Bonchev–Trinajstić information content (AvgIpc) is 3.06. The molecule has 0 heterocycles. The number of unbranched alkanes of at least 4 members (excludes halogenated alkanes) is 34. The van der Waals surface area contributed by atoms with Gasteiger partial charge >= 0.3 is 5.97 Å². The van der Waals surface area contributed by atoms with E-state index in [2.05, 4.69) is 26.0 Å². The largest absolute Gasteiger partial charge is 0.466 e.